The Balaban J connectivity index is 2.08. The Kier molecular flexibility index (Phi) is 4.59. The molecule has 2 aromatic carbocycles. The highest BCUT2D eigenvalue weighted by Gasteiger charge is 2.45. The van der Waals surface area contributed by atoms with Crippen molar-refractivity contribution < 1.29 is 13.6 Å². The Morgan fingerprint density at radius 2 is 1.71 bits per heavy atom. The molecule has 24 heavy (non-hydrogen) atoms. The van der Waals surface area contributed by atoms with Crippen LogP contribution < -0.4 is 10.7 Å². The number of hydrogen-bond donors (Lipinski definition) is 2. The van der Waals surface area contributed by atoms with E-state index in [1.807, 2.05) is 6.92 Å². The van der Waals surface area contributed by atoms with Crippen molar-refractivity contribution >= 4 is 6.41 Å². The Bertz CT molecular complexity index is 705. The summed E-state index contributed by atoms with van der Waals surface area (Å²) in [5, 5.41) is 5.19. The van der Waals surface area contributed by atoms with E-state index in [4.69, 9.17) is 0 Å². The monoisotopic (exact) mass is 330 g/mol. The number of nitrogens with zero attached hydrogens (tertiary/aromatic N) is 1. The van der Waals surface area contributed by atoms with Gasteiger partial charge in [-0.1, -0.05) is 24.3 Å². The molecule has 6 heteroatoms. The molecule has 125 valence electrons. The minimum atomic E-state index is -0.693. The zero-order valence-electron chi connectivity index (χ0n) is 13.2. The largest absolute Gasteiger partial charge is 0.324 e. The third-order valence-corrected chi connectivity index (χ3v) is 4.62. The molecule has 1 heterocycles. The van der Waals surface area contributed by atoms with Crippen LogP contribution in [0.2, 0.25) is 0 Å². The SMILES string of the molecule is CC1(c2ccc(F)cc2)C(c2ccc(F)cc2)NCCN1N[C]=O. The van der Waals surface area contributed by atoms with E-state index >= 15 is 0 Å². The molecule has 4 nitrogen and oxygen atoms in total. The second-order valence-corrected chi connectivity index (χ2v) is 5.96. The van der Waals surface area contributed by atoms with Crippen LogP contribution in [-0.4, -0.2) is 24.5 Å². The highest BCUT2D eigenvalue weighted by molar-refractivity contribution is 5.47. The van der Waals surface area contributed by atoms with Crippen LogP contribution in [0.4, 0.5) is 8.78 Å². The number of halogens is 2. The van der Waals surface area contributed by atoms with Crippen molar-refractivity contribution in [1.82, 2.24) is 15.8 Å². The standard InChI is InChI=1S/C18H18F2N3O/c1-18(14-4-8-16(20)9-5-14)17(13-2-6-15(19)7-3-13)21-10-11-23(18)22-12-24/h2-9,17,21H,10-11H2,1H3,(H,22,24). The maximum absolute atomic E-state index is 13.3. The van der Waals surface area contributed by atoms with Crippen molar-refractivity contribution in [2.75, 3.05) is 13.1 Å². The molecule has 0 aliphatic carbocycles. The zero-order chi connectivity index (χ0) is 17.2. The van der Waals surface area contributed by atoms with E-state index in [0.717, 1.165) is 11.1 Å². The van der Waals surface area contributed by atoms with Crippen LogP contribution in [0, 0.1) is 11.6 Å². The smallest absolute Gasteiger partial charge is 0.307 e. The summed E-state index contributed by atoms with van der Waals surface area (Å²) < 4.78 is 26.6. The molecule has 2 N–H and O–H groups in total. The lowest BCUT2D eigenvalue weighted by molar-refractivity contribution is 0.00448. The number of carbonyl (C=O) groups excluding carboxylic acids is 1. The molecular formula is C18H18F2N3O. The molecule has 1 radical (unpaired) electrons. The highest BCUT2D eigenvalue weighted by Crippen LogP contribution is 2.41. The van der Waals surface area contributed by atoms with Gasteiger partial charge in [0.15, 0.2) is 0 Å². The number of hydrazine groups is 1. The number of piperazine rings is 1. The fourth-order valence-electron chi connectivity index (χ4n) is 3.34. The molecular weight excluding hydrogens is 312 g/mol. The van der Waals surface area contributed by atoms with Gasteiger partial charge in [-0.2, -0.15) is 0 Å². The Morgan fingerprint density at radius 1 is 1.12 bits per heavy atom. The van der Waals surface area contributed by atoms with Gasteiger partial charge in [-0.15, -0.1) is 0 Å². The fourth-order valence-corrected chi connectivity index (χ4v) is 3.34. The summed E-state index contributed by atoms with van der Waals surface area (Å²) in [5.74, 6) is -0.639. The average molecular weight is 330 g/mol. The van der Waals surface area contributed by atoms with Gasteiger partial charge in [0, 0.05) is 13.1 Å². The van der Waals surface area contributed by atoms with Crippen molar-refractivity contribution in [3.05, 3.63) is 71.3 Å². The van der Waals surface area contributed by atoms with Crippen molar-refractivity contribution in [3.8, 4) is 0 Å². The summed E-state index contributed by atoms with van der Waals surface area (Å²) in [6, 6.07) is 12.2. The average Bonchev–Trinajstić information content (AvgIpc) is 2.58. The lowest BCUT2D eigenvalue weighted by Gasteiger charge is -2.50. The van der Waals surface area contributed by atoms with Gasteiger partial charge in [0.05, 0.1) is 11.6 Å². The second-order valence-electron chi connectivity index (χ2n) is 5.96. The normalized spacial score (nSPS) is 24.5. The van der Waals surface area contributed by atoms with E-state index in [0.29, 0.717) is 13.1 Å². The van der Waals surface area contributed by atoms with Gasteiger partial charge < -0.3 is 5.32 Å². The van der Waals surface area contributed by atoms with Gasteiger partial charge in [-0.3, -0.25) is 10.2 Å². The highest BCUT2D eigenvalue weighted by atomic mass is 19.1. The number of nitrogens with one attached hydrogen (secondary N) is 2. The summed E-state index contributed by atoms with van der Waals surface area (Å²) in [4.78, 5) is 10.9. The van der Waals surface area contributed by atoms with E-state index in [2.05, 4.69) is 10.7 Å². The van der Waals surface area contributed by atoms with Crippen LogP contribution >= 0.6 is 0 Å². The fraction of sp³-hybridized carbons (Fsp3) is 0.278. The van der Waals surface area contributed by atoms with Gasteiger partial charge in [0.25, 0.3) is 0 Å². The van der Waals surface area contributed by atoms with Crippen LogP contribution in [0.15, 0.2) is 48.5 Å². The molecule has 2 unspecified atom stereocenters. The molecule has 2 aromatic rings. The number of benzene rings is 2. The number of hydrogen-bond acceptors (Lipinski definition) is 3. The Hall–Kier alpha value is -2.31. The first kappa shape index (κ1) is 16.5. The molecule has 1 aliphatic heterocycles. The van der Waals surface area contributed by atoms with Crippen LogP contribution in [0.3, 0.4) is 0 Å². The molecule has 0 aromatic heterocycles. The van der Waals surface area contributed by atoms with Gasteiger partial charge in [-0.25, -0.2) is 13.8 Å². The number of rotatable bonds is 4. The summed E-state index contributed by atoms with van der Waals surface area (Å²) in [7, 11) is 0. The van der Waals surface area contributed by atoms with E-state index < -0.39 is 5.54 Å². The maximum atomic E-state index is 13.3. The third kappa shape index (κ3) is 2.90. The van der Waals surface area contributed by atoms with Crippen LogP contribution in [-0.2, 0) is 10.3 Å². The van der Waals surface area contributed by atoms with Crippen molar-refractivity contribution in [1.29, 1.82) is 0 Å². The van der Waals surface area contributed by atoms with E-state index in [1.165, 1.54) is 24.3 Å². The molecule has 0 bridgehead atoms. The first-order valence-electron chi connectivity index (χ1n) is 7.71. The quantitative estimate of drug-likeness (QED) is 0.846. The second kappa shape index (κ2) is 6.67. The van der Waals surface area contributed by atoms with Crippen LogP contribution in [0.5, 0.6) is 0 Å². The minimum Gasteiger partial charge on any atom is -0.307 e. The van der Waals surface area contributed by atoms with Crippen molar-refractivity contribution in [2.24, 2.45) is 0 Å². The van der Waals surface area contributed by atoms with Crippen LogP contribution in [0.25, 0.3) is 0 Å². The molecule has 2 atom stereocenters. The van der Waals surface area contributed by atoms with Gasteiger partial charge in [0.2, 0.25) is 0 Å². The topological polar surface area (TPSA) is 44.4 Å². The maximum Gasteiger partial charge on any atom is 0.324 e. The lowest BCUT2D eigenvalue weighted by Crippen LogP contribution is -2.63. The summed E-state index contributed by atoms with van der Waals surface area (Å²) >= 11 is 0. The molecule has 1 saturated heterocycles. The van der Waals surface area contributed by atoms with Gasteiger partial charge in [0.1, 0.15) is 11.6 Å². The summed E-state index contributed by atoms with van der Waals surface area (Å²) in [6.07, 6.45) is 1.72. The first-order chi connectivity index (χ1) is 11.6. The molecule has 3 rings (SSSR count). The van der Waals surface area contributed by atoms with E-state index in [9.17, 15) is 13.6 Å². The van der Waals surface area contributed by atoms with Crippen molar-refractivity contribution in [3.63, 3.8) is 0 Å². The van der Waals surface area contributed by atoms with Crippen LogP contribution in [0.1, 0.15) is 24.1 Å². The first-order valence-corrected chi connectivity index (χ1v) is 7.71. The molecule has 1 amide bonds. The Labute approximate surface area is 139 Å². The van der Waals surface area contributed by atoms with E-state index in [1.54, 1.807) is 35.7 Å². The zero-order valence-corrected chi connectivity index (χ0v) is 13.2. The predicted molar refractivity (Wildman–Crippen MR) is 86.4 cm³/mol. The Morgan fingerprint density at radius 3 is 2.29 bits per heavy atom. The minimum absolute atomic E-state index is 0.224. The summed E-state index contributed by atoms with van der Waals surface area (Å²) in [6.45, 7) is 3.14. The molecule has 1 fully saturated rings. The van der Waals surface area contributed by atoms with Gasteiger partial charge >= 0.3 is 6.41 Å². The molecule has 0 saturated carbocycles. The number of amides is 1. The van der Waals surface area contributed by atoms with Crippen molar-refractivity contribution in [2.45, 2.75) is 18.5 Å². The molecule has 0 spiro atoms. The molecule has 1 aliphatic rings. The van der Waals surface area contributed by atoms with Gasteiger partial charge in [-0.05, 0) is 42.3 Å². The van der Waals surface area contributed by atoms with E-state index in [-0.39, 0.29) is 17.7 Å². The predicted octanol–water partition coefficient (Wildman–Crippen LogP) is 2.40. The summed E-state index contributed by atoms with van der Waals surface area (Å²) in [5.41, 5.74) is 3.63. The lowest BCUT2D eigenvalue weighted by atomic mass is 9.78. The third-order valence-electron chi connectivity index (χ3n) is 4.62.